The van der Waals surface area contributed by atoms with Crippen LogP contribution in [0.15, 0.2) is 53.7 Å². The van der Waals surface area contributed by atoms with Gasteiger partial charge in [0.25, 0.3) is 5.56 Å². The zero-order valence-electron chi connectivity index (χ0n) is 15.7. The molecule has 0 unspecified atom stereocenters. The highest BCUT2D eigenvalue weighted by Gasteiger charge is 2.12. The first-order valence-electron chi connectivity index (χ1n) is 8.75. The van der Waals surface area contributed by atoms with Crippen LogP contribution in [0.1, 0.15) is 18.9 Å². The summed E-state index contributed by atoms with van der Waals surface area (Å²) in [5.41, 5.74) is 3.06. The molecule has 144 valence electrons. The van der Waals surface area contributed by atoms with Gasteiger partial charge in [-0.15, -0.1) is 0 Å². The number of aromatic nitrogens is 3. The van der Waals surface area contributed by atoms with Gasteiger partial charge in [-0.25, -0.2) is 17.9 Å². The molecule has 0 saturated carbocycles. The first kappa shape index (κ1) is 19.6. The van der Waals surface area contributed by atoms with E-state index in [-0.39, 0.29) is 11.3 Å². The molecule has 0 N–H and O–H groups in total. The van der Waals surface area contributed by atoms with Crippen molar-refractivity contribution in [1.82, 2.24) is 14.3 Å². The third kappa shape index (κ3) is 4.38. The zero-order valence-corrected chi connectivity index (χ0v) is 16.5. The summed E-state index contributed by atoms with van der Waals surface area (Å²) in [7, 11) is -3.17. The summed E-state index contributed by atoms with van der Waals surface area (Å²) in [6, 6.07) is 8.27. The number of benzene rings is 1. The van der Waals surface area contributed by atoms with Gasteiger partial charge >= 0.3 is 0 Å². The van der Waals surface area contributed by atoms with Crippen LogP contribution in [0.25, 0.3) is 21.7 Å². The van der Waals surface area contributed by atoms with Crippen molar-refractivity contribution in [1.29, 1.82) is 0 Å². The van der Waals surface area contributed by atoms with E-state index in [4.69, 9.17) is 6.57 Å². The van der Waals surface area contributed by atoms with Crippen molar-refractivity contribution in [2.75, 3.05) is 6.26 Å². The number of hydrogen-bond donors (Lipinski definition) is 0. The van der Waals surface area contributed by atoms with Crippen LogP contribution in [0.2, 0.25) is 0 Å². The molecule has 2 aromatic heterocycles. The van der Waals surface area contributed by atoms with Gasteiger partial charge in [0, 0.05) is 36.8 Å². The Morgan fingerprint density at radius 2 is 1.96 bits per heavy atom. The fourth-order valence-electron chi connectivity index (χ4n) is 2.98. The van der Waals surface area contributed by atoms with Crippen molar-refractivity contribution in [3.8, 4) is 16.8 Å². The molecule has 2 heterocycles. The number of aryl methyl sites for hydroxylation is 1. The molecule has 28 heavy (non-hydrogen) atoms. The summed E-state index contributed by atoms with van der Waals surface area (Å²) in [5.74, 6) is -0.103. The lowest BCUT2D eigenvalue weighted by molar-refractivity contribution is 0.601. The van der Waals surface area contributed by atoms with Gasteiger partial charge in [0.1, 0.15) is 0 Å². The summed E-state index contributed by atoms with van der Waals surface area (Å²) in [4.78, 5) is 15.4. The Morgan fingerprint density at radius 3 is 2.64 bits per heavy atom. The largest absolute Gasteiger partial charge is 0.313 e. The molecule has 0 radical (unpaired) electrons. The second-order valence-electron chi connectivity index (χ2n) is 6.63. The molecule has 8 heteroatoms. The molecular formula is C20H20N4O3S. The molecular weight excluding hydrogens is 376 g/mol. The summed E-state index contributed by atoms with van der Waals surface area (Å²) >= 11 is 0. The minimum Gasteiger partial charge on any atom is -0.313 e. The van der Waals surface area contributed by atoms with Crippen molar-refractivity contribution in [2.45, 2.75) is 25.6 Å². The average Bonchev–Trinajstić information content (AvgIpc) is 3.12. The number of hydrogen-bond acceptors (Lipinski definition) is 4. The van der Waals surface area contributed by atoms with E-state index in [0.717, 1.165) is 17.7 Å². The SMILES string of the molecule is [C-]#[N+]c1cc(CS(C)(=O)=O)ccc1-c1cnn(-c2ccc(=O)n(CCC)c2)c1. The Kier molecular flexibility index (Phi) is 5.47. The van der Waals surface area contributed by atoms with Crippen molar-refractivity contribution >= 4 is 15.5 Å². The molecule has 1 aromatic carbocycles. The molecule has 7 nitrogen and oxygen atoms in total. The number of rotatable bonds is 6. The summed E-state index contributed by atoms with van der Waals surface area (Å²) in [6.07, 6.45) is 7.21. The van der Waals surface area contributed by atoms with E-state index in [2.05, 4.69) is 9.94 Å². The van der Waals surface area contributed by atoms with Crippen molar-refractivity contribution in [3.05, 3.63) is 76.3 Å². The van der Waals surface area contributed by atoms with E-state index in [9.17, 15) is 13.2 Å². The molecule has 0 aliphatic heterocycles. The molecule has 0 fully saturated rings. The van der Waals surface area contributed by atoms with E-state index >= 15 is 0 Å². The average molecular weight is 396 g/mol. The van der Waals surface area contributed by atoms with Crippen molar-refractivity contribution in [3.63, 3.8) is 0 Å². The molecule has 0 amide bonds. The van der Waals surface area contributed by atoms with Crippen molar-refractivity contribution in [2.24, 2.45) is 0 Å². The maximum absolute atomic E-state index is 11.9. The van der Waals surface area contributed by atoms with Gasteiger partial charge in [0.15, 0.2) is 15.5 Å². The highest BCUT2D eigenvalue weighted by atomic mass is 32.2. The maximum atomic E-state index is 11.9. The fraction of sp³-hybridized carbons (Fsp3) is 0.250. The van der Waals surface area contributed by atoms with Gasteiger partial charge in [-0.2, -0.15) is 5.10 Å². The lowest BCUT2D eigenvalue weighted by atomic mass is 10.1. The molecule has 0 bridgehead atoms. The molecule has 0 aliphatic carbocycles. The second kappa shape index (κ2) is 7.82. The number of nitrogens with zero attached hydrogens (tertiary/aromatic N) is 4. The first-order chi connectivity index (χ1) is 13.3. The lowest BCUT2D eigenvalue weighted by Gasteiger charge is -2.07. The molecule has 0 atom stereocenters. The van der Waals surface area contributed by atoms with Crippen LogP contribution in [0.5, 0.6) is 0 Å². The molecule has 0 saturated heterocycles. The van der Waals surface area contributed by atoms with E-state index < -0.39 is 9.84 Å². The van der Waals surface area contributed by atoms with Gasteiger partial charge in [0.05, 0.1) is 24.2 Å². The maximum Gasteiger partial charge on any atom is 0.250 e. The Labute approximate surface area is 163 Å². The van der Waals surface area contributed by atoms with E-state index in [1.54, 1.807) is 52.1 Å². The normalized spacial score (nSPS) is 11.3. The van der Waals surface area contributed by atoms with E-state index in [1.807, 2.05) is 6.92 Å². The summed E-state index contributed by atoms with van der Waals surface area (Å²) in [6.45, 7) is 10.1. The van der Waals surface area contributed by atoms with Crippen LogP contribution in [0.3, 0.4) is 0 Å². The Balaban J connectivity index is 1.97. The van der Waals surface area contributed by atoms with Crippen LogP contribution in [-0.4, -0.2) is 29.0 Å². The third-order valence-corrected chi connectivity index (χ3v) is 5.06. The van der Waals surface area contributed by atoms with Crippen LogP contribution in [0, 0.1) is 6.57 Å². The van der Waals surface area contributed by atoms with Gasteiger partial charge < -0.3 is 4.57 Å². The molecule has 0 spiro atoms. The van der Waals surface area contributed by atoms with E-state index in [0.29, 0.717) is 23.4 Å². The highest BCUT2D eigenvalue weighted by molar-refractivity contribution is 7.89. The van der Waals surface area contributed by atoms with Crippen LogP contribution in [0.4, 0.5) is 5.69 Å². The highest BCUT2D eigenvalue weighted by Crippen LogP contribution is 2.32. The lowest BCUT2D eigenvalue weighted by Crippen LogP contribution is -2.19. The Morgan fingerprint density at radius 1 is 1.18 bits per heavy atom. The monoisotopic (exact) mass is 396 g/mol. The van der Waals surface area contributed by atoms with Gasteiger partial charge in [-0.05, 0) is 23.6 Å². The summed E-state index contributed by atoms with van der Waals surface area (Å²) < 4.78 is 26.3. The van der Waals surface area contributed by atoms with Gasteiger partial charge in [-0.3, -0.25) is 4.79 Å². The summed E-state index contributed by atoms with van der Waals surface area (Å²) in [5, 5.41) is 4.35. The predicted octanol–water partition coefficient (Wildman–Crippen LogP) is 3.21. The first-order valence-corrected chi connectivity index (χ1v) is 10.8. The van der Waals surface area contributed by atoms with Gasteiger partial charge in [-0.1, -0.05) is 25.1 Å². The standard InChI is InChI=1S/C20H20N4O3S/c1-4-9-23-13-17(6-8-20(23)25)24-12-16(11-22-24)18-7-5-15(10-19(18)21-2)14-28(3,26)27/h5-8,10-13H,4,9,14H2,1,3H3. The smallest absolute Gasteiger partial charge is 0.250 e. The van der Waals surface area contributed by atoms with Gasteiger partial charge in [0.2, 0.25) is 0 Å². The fourth-order valence-corrected chi connectivity index (χ4v) is 3.76. The number of pyridine rings is 1. The van der Waals surface area contributed by atoms with Crippen molar-refractivity contribution < 1.29 is 8.42 Å². The number of sulfone groups is 1. The van der Waals surface area contributed by atoms with Crippen LogP contribution < -0.4 is 5.56 Å². The Hall–Kier alpha value is -3.18. The minimum atomic E-state index is -3.17. The quantitative estimate of drug-likeness (QED) is 0.600. The predicted molar refractivity (Wildman–Crippen MR) is 108 cm³/mol. The van der Waals surface area contributed by atoms with E-state index in [1.165, 1.54) is 12.3 Å². The second-order valence-corrected chi connectivity index (χ2v) is 8.77. The minimum absolute atomic E-state index is 0.0604. The molecule has 0 aliphatic rings. The van der Waals surface area contributed by atoms with Crippen LogP contribution in [-0.2, 0) is 22.1 Å². The molecule has 3 aromatic rings. The third-order valence-electron chi connectivity index (χ3n) is 4.20. The molecule has 3 rings (SSSR count). The van der Waals surface area contributed by atoms with Crippen LogP contribution >= 0.6 is 0 Å². The Bertz CT molecular complexity index is 1220. The topological polar surface area (TPSA) is 78.3 Å². The zero-order chi connectivity index (χ0) is 20.3.